The Balaban J connectivity index is 2.60. The molecule has 1 atom stereocenters. The van der Waals surface area contributed by atoms with Crippen LogP contribution in [-0.2, 0) is 4.79 Å². The van der Waals surface area contributed by atoms with Crippen LogP contribution in [0.5, 0.6) is 0 Å². The van der Waals surface area contributed by atoms with Crippen molar-refractivity contribution in [3.05, 3.63) is 12.7 Å². The van der Waals surface area contributed by atoms with Gasteiger partial charge in [0.15, 0.2) is 0 Å². The predicted molar refractivity (Wildman–Crippen MR) is 51.0 cm³/mol. The highest BCUT2D eigenvalue weighted by molar-refractivity contribution is 5.87. The van der Waals surface area contributed by atoms with Crippen molar-refractivity contribution in [2.24, 2.45) is 0 Å². The van der Waals surface area contributed by atoms with Gasteiger partial charge in [0.1, 0.15) is 0 Å². The number of rotatable bonds is 1. The van der Waals surface area contributed by atoms with Crippen molar-refractivity contribution >= 4 is 12.0 Å². The van der Waals surface area contributed by atoms with Crippen LogP contribution in [0.25, 0.3) is 0 Å². The number of amides is 2. The monoisotopic (exact) mass is 198 g/mol. The van der Waals surface area contributed by atoms with E-state index in [1.807, 2.05) is 6.92 Å². The predicted octanol–water partition coefficient (Wildman–Crippen LogP) is 0.383. The second kappa shape index (κ2) is 4.13. The van der Waals surface area contributed by atoms with Crippen LogP contribution >= 0.6 is 0 Å². The summed E-state index contributed by atoms with van der Waals surface area (Å²) in [6.07, 6.45) is 0.329. The third-order valence-corrected chi connectivity index (χ3v) is 2.36. The summed E-state index contributed by atoms with van der Waals surface area (Å²) >= 11 is 0. The van der Waals surface area contributed by atoms with E-state index < -0.39 is 6.09 Å². The maximum Gasteiger partial charge on any atom is 0.407 e. The van der Waals surface area contributed by atoms with E-state index in [1.165, 1.54) is 11.0 Å². The van der Waals surface area contributed by atoms with Gasteiger partial charge in [-0.2, -0.15) is 0 Å². The van der Waals surface area contributed by atoms with E-state index in [1.54, 1.807) is 4.90 Å². The standard InChI is InChI=1S/C9H14N2O3/c1-3-8(12)11-5-4-10(9(13)14)6-7(11)2/h3,7H,1,4-6H2,2H3,(H,13,14). The Morgan fingerprint density at radius 1 is 1.50 bits per heavy atom. The molecule has 0 spiro atoms. The lowest BCUT2D eigenvalue weighted by Crippen LogP contribution is -2.54. The van der Waals surface area contributed by atoms with Gasteiger partial charge in [-0.15, -0.1) is 0 Å². The first-order valence-corrected chi connectivity index (χ1v) is 4.47. The lowest BCUT2D eigenvalue weighted by molar-refractivity contribution is -0.130. The molecule has 1 unspecified atom stereocenters. The summed E-state index contributed by atoms with van der Waals surface area (Å²) in [5.41, 5.74) is 0. The van der Waals surface area contributed by atoms with E-state index in [4.69, 9.17) is 5.11 Å². The quantitative estimate of drug-likeness (QED) is 0.620. The minimum Gasteiger partial charge on any atom is -0.465 e. The lowest BCUT2D eigenvalue weighted by atomic mass is 10.2. The highest BCUT2D eigenvalue weighted by atomic mass is 16.4. The van der Waals surface area contributed by atoms with Gasteiger partial charge < -0.3 is 14.9 Å². The average Bonchev–Trinajstić information content (AvgIpc) is 2.16. The normalized spacial score (nSPS) is 21.9. The Morgan fingerprint density at radius 2 is 2.14 bits per heavy atom. The maximum atomic E-state index is 11.3. The van der Waals surface area contributed by atoms with E-state index >= 15 is 0 Å². The van der Waals surface area contributed by atoms with Crippen molar-refractivity contribution in [2.45, 2.75) is 13.0 Å². The summed E-state index contributed by atoms with van der Waals surface area (Å²) in [6, 6.07) is -0.0784. The van der Waals surface area contributed by atoms with Crippen LogP contribution in [-0.4, -0.2) is 52.6 Å². The lowest BCUT2D eigenvalue weighted by Gasteiger charge is -2.38. The molecular weight excluding hydrogens is 184 g/mol. The zero-order chi connectivity index (χ0) is 10.7. The molecule has 1 saturated heterocycles. The molecule has 0 radical (unpaired) electrons. The first-order valence-electron chi connectivity index (χ1n) is 4.47. The van der Waals surface area contributed by atoms with Gasteiger partial charge in [-0.25, -0.2) is 4.79 Å². The van der Waals surface area contributed by atoms with Crippen LogP contribution in [0.4, 0.5) is 4.79 Å². The summed E-state index contributed by atoms with van der Waals surface area (Å²) in [7, 11) is 0. The molecule has 0 aliphatic carbocycles. The van der Waals surface area contributed by atoms with E-state index in [-0.39, 0.29) is 11.9 Å². The van der Waals surface area contributed by atoms with Gasteiger partial charge in [-0.05, 0) is 13.0 Å². The van der Waals surface area contributed by atoms with Crippen LogP contribution in [0, 0.1) is 0 Å². The molecule has 0 aromatic heterocycles. The fourth-order valence-electron chi connectivity index (χ4n) is 1.58. The van der Waals surface area contributed by atoms with Crippen molar-refractivity contribution in [1.29, 1.82) is 0 Å². The summed E-state index contributed by atoms with van der Waals surface area (Å²) in [5.74, 6) is -0.137. The Hall–Kier alpha value is -1.52. The van der Waals surface area contributed by atoms with Gasteiger partial charge in [0.2, 0.25) is 5.91 Å². The van der Waals surface area contributed by atoms with Gasteiger partial charge in [0.25, 0.3) is 0 Å². The summed E-state index contributed by atoms with van der Waals surface area (Å²) in [4.78, 5) is 24.9. The minimum absolute atomic E-state index is 0.0784. The summed E-state index contributed by atoms with van der Waals surface area (Å²) < 4.78 is 0. The molecule has 2 amide bonds. The molecule has 0 aromatic carbocycles. The van der Waals surface area contributed by atoms with Crippen molar-refractivity contribution in [2.75, 3.05) is 19.6 Å². The van der Waals surface area contributed by atoms with Crippen molar-refractivity contribution in [3.8, 4) is 0 Å². The van der Waals surface area contributed by atoms with Crippen molar-refractivity contribution in [3.63, 3.8) is 0 Å². The largest absolute Gasteiger partial charge is 0.465 e. The highest BCUT2D eigenvalue weighted by Gasteiger charge is 2.28. The first kappa shape index (κ1) is 10.6. The van der Waals surface area contributed by atoms with Crippen LogP contribution in [0.3, 0.4) is 0 Å². The molecule has 1 fully saturated rings. The van der Waals surface area contributed by atoms with Crippen molar-refractivity contribution < 1.29 is 14.7 Å². The molecule has 14 heavy (non-hydrogen) atoms. The Kier molecular flexibility index (Phi) is 3.11. The number of carboxylic acid groups (broad SMARTS) is 1. The fourth-order valence-corrected chi connectivity index (χ4v) is 1.58. The SMILES string of the molecule is C=CC(=O)N1CCN(C(=O)O)CC1C. The molecule has 5 heteroatoms. The first-order chi connectivity index (χ1) is 6.56. The average molecular weight is 198 g/mol. The van der Waals surface area contributed by atoms with Crippen LogP contribution in [0.1, 0.15) is 6.92 Å². The van der Waals surface area contributed by atoms with Crippen LogP contribution in [0.15, 0.2) is 12.7 Å². The smallest absolute Gasteiger partial charge is 0.407 e. The maximum absolute atomic E-state index is 11.3. The number of carbonyl (C=O) groups excluding carboxylic acids is 1. The molecule has 1 heterocycles. The van der Waals surface area contributed by atoms with Crippen LogP contribution in [0.2, 0.25) is 0 Å². The van der Waals surface area contributed by atoms with E-state index in [0.717, 1.165) is 0 Å². The third kappa shape index (κ3) is 2.04. The van der Waals surface area contributed by atoms with Gasteiger partial charge in [0, 0.05) is 25.7 Å². The molecule has 1 rings (SSSR count). The number of carbonyl (C=O) groups is 2. The number of nitrogens with zero attached hydrogens (tertiary/aromatic N) is 2. The van der Waals surface area contributed by atoms with E-state index in [0.29, 0.717) is 19.6 Å². The minimum atomic E-state index is -0.928. The van der Waals surface area contributed by atoms with Gasteiger partial charge in [-0.3, -0.25) is 4.79 Å². The Morgan fingerprint density at radius 3 is 2.57 bits per heavy atom. The zero-order valence-corrected chi connectivity index (χ0v) is 8.14. The van der Waals surface area contributed by atoms with Crippen LogP contribution < -0.4 is 0 Å². The molecular formula is C9H14N2O3. The third-order valence-electron chi connectivity index (χ3n) is 2.36. The van der Waals surface area contributed by atoms with E-state index in [2.05, 4.69) is 6.58 Å². The molecule has 0 saturated carbocycles. The second-order valence-corrected chi connectivity index (χ2v) is 3.31. The van der Waals surface area contributed by atoms with Gasteiger partial charge >= 0.3 is 6.09 Å². The molecule has 1 aliphatic rings. The van der Waals surface area contributed by atoms with E-state index in [9.17, 15) is 9.59 Å². The van der Waals surface area contributed by atoms with Gasteiger partial charge in [0.05, 0.1) is 0 Å². The molecule has 0 aromatic rings. The highest BCUT2D eigenvalue weighted by Crippen LogP contribution is 2.09. The number of piperazine rings is 1. The molecule has 0 bridgehead atoms. The summed E-state index contributed by atoms with van der Waals surface area (Å²) in [6.45, 7) is 6.42. The Bertz CT molecular complexity index is 265. The zero-order valence-electron chi connectivity index (χ0n) is 8.14. The fraction of sp³-hybridized carbons (Fsp3) is 0.556. The second-order valence-electron chi connectivity index (χ2n) is 3.31. The molecule has 1 aliphatic heterocycles. The molecule has 78 valence electrons. The Labute approximate surface area is 82.6 Å². The molecule has 5 nitrogen and oxygen atoms in total. The topological polar surface area (TPSA) is 60.9 Å². The van der Waals surface area contributed by atoms with Gasteiger partial charge in [-0.1, -0.05) is 6.58 Å². The number of hydrogen-bond acceptors (Lipinski definition) is 2. The molecule has 1 N–H and O–H groups in total. The van der Waals surface area contributed by atoms with Crippen molar-refractivity contribution in [1.82, 2.24) is 9.80 Å². The summed E-state index contributed by atoms with van der Waals surface area (Å²) in [5, 5.41) is 8.74. The number of hydrogen-bond donors (Lipinski definition) is 1.